The molecule has 8 nitrogen and oxygen atoms in total. The van der Waals surface area contributed by atoms with Gasteiger partial charge in [0.1, 0.15) is 0 Å². The van der Waals surface area contributed by atoms with Gasteiger partial charge in [-0.2, -0.15) is 0 Å². The minimum Gasteiger partial charge on any atom is -0.481 e. The van der Waals surface area contributed by atoms with Crippen LogP contribution < -0.4 is 14.8 Å². The molecule has 0 amide bonds. The van der Waals surface area contributed by atoms with Gasteiger partial charge in [0.15, 0.2) is 0 Å². The van der Waals surface area contributed by atoms with Crippen molar-refractivity contribution >= 4 is 21.7 Å². The lowest BCUT2D eigenvalue weighted by Gasteiger charge is -2.10. The fourth-order valence-corrected chi connectivity index (χ4v) is 3.77. The Hall–Kier alpha value is -3.04. The number of pyridine rings is 1. The van der Waals surface area contributed by atoms with E-state index in [1.165, 1.54) is 0 Å². The summed E-state index contributed by atoms with van der Waals surface area (Å²) < 4.78 is 32.7. The molecule has 29 heavy (non-hydrogen) atoms. The van der Waals surface area contributed by atoms with Crippen molar-refractivity contribution in [3.05, 3.63) is 54.9 Å². The van der Waals surface area contributed by atoms with Crippen LogP contribution in [0.3, 0.4) is 0 Å². The third-order valence-electron chi connectivity index (χ3n) is 4.12. The van der Waals surface area contributed by atoms with Gasteiger partial charge in [-0.05, 0) is 42.8 Å². The number of sulfonamides is 1. The first kappa shape index (κ1) is 20.7. The molecule has 2 aromatic heterocycles. The molecule has 0 saturated carbocycles. The molecule has 0 aliphatic carbocycles. The maximum absolute atomic E-state index is 12.4. The summed E-state index contributed by atoms with van der Waals surface area (Å²) in [6, 6.07) is 11.9. The van der Waals surface area contributed by atoms with Crippen molar-refractivity contribution in [1.82, 2.24) is 19.7 Å². The lowest BCUT2D eigenvalue weighted by molar-refractivity contribution is 0.399. The zero-order valence-corrected chi connectivity index (χ0v) is 17.1. The molecule has 0 atom stereocenters. The SMILES string of the molecule is CCCCNS(=O)(=O)c1cccc(Nc2nccc(-c3cccnc3OC)n2)c1. The molecule has 3 rings (SSSR count). The smallest absolute Gasteiger partial charge is 0.240 e. The fourth-order valence-electron chi connectivity index (χ4n) is 2.65. The van der Waals surface area contributed by atoms with Gasteiger partial charge in [-0.15, -0.1) is 0 Å². The van der Waals surface area contributed by atoms with Crippen LogP contribution in [0.25, 0.3) is 11.3 Å². The average molecular weight is 414 g/mol. The molecule has 0 aliphatic rings. The minimum absolute atomic E-state index is 0.184. The van der Waals surface area contributed by atoms with E-state index in [1.54, 1.807) is 55.9 Å². The Morgan fingerprint density at radius 1 is 1.07 bits per heavy atom. The normalized spacial score (nSPS) is 11.2. The first-order chi connectivity index (χ1) is 14.0. The number of ether oxygens (including phenoxy) is 1. The second kappa shape index (κ2) is 9.44. The lowest BCUT2D eigenvalue weighted by atomic mass is 10.2. The number of nitrogens with zero attached hydrogens (tertiary/aromatic N) is 3. The average Bonchev–Trinajstić information content (AvgIpc) is 2.74. The number of methoxy groups -OCH3 is 1. The van der Waals surface area contributed by atoms with Gasteiger partial charge >= 0.3 is 0 Å². The third-order valence-corrected chi connectivity index (χ3v) is 5.58. The number of benzene rings is 1. The Balaban J connectivity index is 1.82. The molecule has 0 radical (unpaired) electrons. The Labute approximate surface area is 170 Å². The zero-order valence-electron chi connectivity index (χ0n) is 16.3. The Morgan fingerprint density at radius 3 is 2.72 bits per heavy atom. The van der Waals surface area contributed by atoms with Crippen molar-refractivity contribution in [3.8, 4) is 17.1 Å². The standard InChI is InChI=1S/C20H23N5O3S/c1-3-4-12-23-29(26,27)16-8-5-7-15(14-16)24-20-22-13-10-18(25-20)17-9-6-11-21-19(17)28-2/h5-11,13-14,23H,3-4,12H2,1-2H3,(H,22,24,25). The molecule has 0 saturated heterocycles. The van der Waals surface area contributed by atoms with E-state index in [0.717, 1.165) is 18.4 Å². The van der Waals surface area contributed by atoms with Crippen LogP contribution in [0.1, 0.15) is 19.8 Å². The number of nitrogens with one attached hydrogen (secondary N) is 2. The van der Waals surface area contributed by atoms with Crippen LogP contribution in [0.15, 0.2) is 59.8 Å². The van der Waals surface area contributed by atoms with E-state index >= 15 is 0 Å². The van der Waals surface area contributed by atoms with Crippen LogP contribution in [0.2, 0.25) is 0 Å². The van der Waals surface area contributed by atoms with E-state index < -0.39 is 10.0 Å². The van der Waals surface area contributed by atoms with Crippen molar-refractivity contribution in [2.45, 2.75) is 24.7 Å². The van der Waals surface area contributed by atoms with Crippen molar-refractivity contribution in [2.24, 2.45) is 0 Å². The molecule has 0 unspecified atom stereocenters. The van der Waals surface area contributed by atoms with Crippen molar-refractivity contribution in [1.29, 1.82) is 0 Å². The van der Waals surface area contributed by atoms with Gasteiger partial charge in [0.2, 0.25) is 21.9 Å². The number of unbranched alkanes of at least 4 members (excludes halogenated alkanes) is 1. The Morgan fingerprint density at radius 2 is 1.93 bits per heavy atom. The lowest BCUT2D eigenvalue weighted by Crippen LogP contribution is -2.24. The third kappa shape index (κ3) is 5.27. The summed E-state index contributed by atoms with van der Waals surface area (Å²) in [5, 5.41) is 3.06. The maximum Gasteiger partial charge on any atom is 0.240 e. The quantitative estimate of drug-likeness (QED) is 0.518. The molecule has 2 N–H and O–H groups in total. The van der Waals surface area contributed by atoms with Gasteiger partial charge in [0, 0.05) is 24.6 Å². The first-order valence-electron chi connectivity index (χ1n) is 9.22. The molecule has 9 heteroatoms. The molecule has 3 aromatic rings. The molecule has 152 valence electrons. The summed E-state index contributed by atoms with van der Waals surface area (Å²) in [4.78, 5) is 13.1. The topological polar surface area (TPSA) is 106 Å². The number of anilines is 2. The van der Waals surface area contributed by atoms with Crippen molar-refractivity contribution in [2.75, 3.05) is 19.0 Å². The van der Waals surface area contributed by atoms with E-state index in [4.69, 9.17) is 4.74 Å². The fraction of sp³-hybridized carbons (Fsp3) is 0.250. The largest absolute Gasteiger partial charge is 0.481 e. The minimum atomic E-state index is -3.56. The maximum atomic E-state index is 12.4. The highest BCUT2D eigenvalue weighted by Crippen LogP contribution is 2.27. The molecule has 0 spiro atoms. The Bertz CT molecular complexity index is 1070. The van der Waals surface area contributed by atoms with Gasteiger partial charge in [-0.3, -0.25) is 0 Å². The molecular weight excluding hydrogens is 390 g/mol. The van der Waals surface area contributed by atoms with Crippen LogP contribution in [0, 0.1) is 0 Å². The summed E-state index contributed by atoms with van der Waals surface area (Å²) >= 11 is 0. The highest BCUT2D eigenvalue weighted by Gasteiger charge is 2.14. The second-order valence-electron chi connectivity index (χ2n) is 6.23. The molecule has 0 aliphatic heterocycles. The van der Waals surface area contributed by atoms with Gasteiger partial charge in [0.05, 0.1) is 23.3 Å². The summed E-state index contributed by atoms with van der Waals surface area (Å²) in [5.74, 6) is 0.797. The monoisotopic (exact) mass is 413 g/mol. The van der Waals surface area contributed by atoms with E-state index in [2.05, 4.69) is 25.0 Å². The summed E-state index contributed by atoms with van der Waals surface area (Å²) in [6.07, 6.45) is 4.96. The van der Waals surface area contributed by atoms with Crippen LogP contribution in [0.4, 0.5) is 11.6 Å². The molecule has 0 fully saturated rings. The van der Waals surface area contributed by atoms with E-state index in [9.17, 15) is 8.42 Å². The van der Waals surface area contributed by atoms with Gasteiger partial charge in [0.25, 0.3) is 0 Å². The zero-order chi connectivity index (χ0) is 20.7. The summed E-state index contributed by atoms with van der Waals surface area (Å²) in [5.41, 5.74) is 1.94. The Kier molecular flexibility index (Phi) is 6.73. The van der Waals surface area contributed by atoms with E-state index in [0.29, 0.717) is 29.8 Å². The number of hydrogen-bond acceptors (Lipinski definition) is 7. The molecule has 0 bridgehead atoms. The van der Waals surface area contributed by atoms with Gasteiger partial charge in [-0.25, -0.2) is 28.1 Å². The molecule has 1 aromatic carbocycles. The first-order valence-corrected chi connectivity index (χ1v) is 10.7. The van der Waals surface area contributed by atoms with Crippen molar-refractivity contribution in [3.63, 3.8) is 0 Å². The van der Waals surface area contributed by atoms with E-state index in [1.807, 2.05) is 13.0 Å². The summed E-state index contributed by atoms with van der Waals surface area (Å²) in [7, 11) is -2.01. The van der Waals surface area contributed by atoms with Crippen LogP contribution in [-0.2, 0) is 10.0 Å². The summed E-state index contributed by atoms with van der Waals surface area (Å²) in [6.45, 7) is 2.42. The second-order valence-corrected chi connectivity index (χ2v) is 8.00. The highest BCUT2D eigenvalue weighted by molar-refractivity contribution is 7.89. The molecule has 2 heterocycles. The number of hydrogen-bond donors (Lipinski definition) is 2. The highest BCUT2D eigenvalue weighted by atomic mass is 32.2. The van der Waals surface area contributed by atoms with Crippen LogP contribution in [0.5, 0.6) is 5.88 Å². The molecular formula is C20H23N5O3S. The van der Waals surface area contributed by atoms with Gasteiger partial charge < -0.3 is 10.1 Å². The van der Waals surface area contributed by atoms with Gasteiger partial charge in [-0.1, -0.05) is 19.4 Å². The number of aromatic nitrogens is 3. The van der Waals surface area contributed by atoms with E-state index in [-0.39, 0.29) is 4.90 Å². The predicted molar refractivity (Wildman–Crippen MR) is 112 cm³/mol. The predicted octanol–water partition coefficient (Wildman–Crippen LogP) is 3.37. The van der Waals surface area contributed by atoms with Crippen LogP contribution >= 0.6 is 0 Å². The van der Waals surface area contributed by atoms with Crippen LogP contribution in [-0.4, -0.2) is 37.0 Å². The number of rotatable bonds is 9. The van der Waals surface area contributed by atoms with Crippen molar-refractivity contribution < 1.29 is 13.2 Å².